The van der Waals surface area contributed by atoms with E-state index in [0.717, 1.165) is 37.6 Å². The largest absolute Gasteiger partial charge is 0.375 e. The van der Waals surface area contributed by atoms with Gasteiger partial charge in [0, 0.05) is 48.7 Å². The van der Waals surface area contributed by atoms with Crippen LogP contribution in [0.4, 0.5) is 5.13 Å². The molecule has 1 aliphatic rings. The smallest absolute Gasteiger partial charge is 0.264 e. The molecule has 1 amide bonds. The molecular weight excluding hydrogens is 304 g/mol. The third-order valence-electron chi connectivity index (χ3n) is 3.56. The van der Waals surface area contributed by atoms with E-state index in [1.165, 1.54) is 21.1 Å². The molecule has 1 aliphatic heterocycles. The molecule has 2 aromatic rings. The molecule has 7 heteroatoms. The second kappa shape index (κ2) is 6.13. The van der Waals surface area contributed by atoms with E-state index in [4.69, 9.17) is 5.73 Å². The molecule has 21 heavy (non-hydrogen) atoms. The number of hydrogen-bond donors (Lipinski definition) is 1. The summed E-state index contributed by atoms with van der Waals surface area (Å²) in [7, 11) is 0. The number of rotatable bonds is 3. The van der Waals surface area contributed by atoms with Crippen molar-refractivity contribution >= 4 is 33.7 Å². The van der Waals surface area contributed by atoms with Gasteiger partial charge in [-0.25, -0.2) is 4.98 Å². The third-order valence-corrected chi connectivity index (χ3v) is 5.36. The van der Waals surface area contributed by atoms with Crippen LogP contribution in [0.25, 0.3) is 0 Å². The molecule has 0 radical (unpaired) electrons. The Morgan fingerprint density at radius 3 is 2.62 bits per heavy atom. The van der Waals surface area contributed by atoms with Gasteiger partial charge in [0.1, 0.15) is 0 Å². The van der Waals surface area contributed by atoms with Crippen LogP contribution in [0.1, 0.15) is 19.4 Å². The maximum atomic E-state index is 12.4. The van der Waals surface area contributed by atoms with Gasteiger partial charge in [0.05, 0.1) is 4.88 Å². The Bertz CT molecular complexity index is 628. The average Bonchev–Trinajstić information content (AvgIpc) is 3.08. The summed E-state index contributed by atoms with van der Waals surface area (Å²) in [4.78, 5) is 23.9. The van der Waals surface area contributed by atoms with Crippen molar-refractivity contribution in [3.05, 3.63) is 33.0 Å². The fourth-order valence-electron chi connectivity index (χ4n) is 2.43. The van der Waals surface area contributed by atoms with Gasteiger partial charge in [-0.2, -0.15) is 0 Å². The molecule has 0 unspecified atom stereocenters. The Labute approximate surface area is 132 Å². The van der Waals surface area contributed by atoms with Gasteiger partial charge in [-0.05, 0) is 19.1 Å². The third kappa shape index (κ3) is 3.42. The van der Waals surface area contributed by atoms with Crippen LogP contribution < -0.4 is 5.73 Å². The molecule has 112 valence electrons. The van der Waals surface area contributed by atoms with E-state index in [0.29, 0.717) is 5.13 Å². The van der Waals surface area contributed by atoms with Gasteiger partial charge in [-0.15, -0.1) is 22.7 Å². The van der Waals surface area contributed by atoms with Gasteiger partial charge in [0.2, 0.25) is 0 Å². The summed E-state index contributed by atoms with van der Waals surface area (Å²) in [5.74, 6) is 0.162. The normalized spacial score (nSPS) is 16.3. The minimum Gasteiger partial charge on any atom is -0.375 e. The van der Waals surface area contributed by atoms with Gasteiger partial charge in [0.15, 0.2) is 5.13 Å². The van der Waals surface area contributed by atoms with Crippen LogP contribution in [0.2, 0.25) is 0 Å². The van der Waals surface area contributed by atoms with E-state index < -0.39 is 0 Å². The van der Waals surface area contributed by atoms with Crippen LogP contribution in [0.3, 0.4) is 0 Å². The van der Waals surface area contributed by atoms with E-state index in [9.17, 15) is 4.79 Å². The lowest BCUT2D eigenvalue weighted by Gasteiger charge is -2.34. The molecule has 0 saturated carbocycles. The molecule has 0 bridgehead atoms. The van der Waals surface area contributed by atoms with Crippen LogP contribution in [0.15, 0.2) is 18.3 Å². The zero-order valence-corrected chi connectivity index (χ0v) is 13.5. The van der Waals surface area contributed by atoms with Gasteiger partial charge in [-0.1, -0.05) is 0 Å². The number of nitrogen functional groups attached to an aromatic ring is 1. The maximum Gasteiger partial charge on any atom is 0.264 e. The number of thiazole rings is 1. The van der Waals surface area contributed by atoms with Crippen molar-refractivity contribution in [2.45, 2.75) is 13.5 Å². The first kappa shape index (κ1) is 14.5. The highest BCUT2D eigenvalue weighted by Crippen LogP contribution is 2.20. The van der Waals surface area contributed by atoms with E-state index in [1.807, 2.05) is 30.2 Å². The van der Waals surface area contributed by atoms with Crippen molar-refractivity contribution in [3.8, 4) is 0 Å². The zero-order valence-electron chi connectivity index (χ0n) is 11.9. The molecule has 3 heterocycles. The Balaban J connectivity index is 1.54. The van der Waals surface area contributed by atoms with Crippen molar-refractivity contribution in [1.29, 1.82) is 0 Å². The van der Waals surface area contributed by atoms with E-state index >= 15 is 0 Å². The number of aromatic nitrogens is 1. The number of piperazine rings is 1. The Hall–Kier alpha value is -1.44. The average molecular weight is 322 g/mol. The van der Waals surface area contributed by atoms with Crippen LogP contribution in [-0.2, 0) is 6.54 Å². The number of hydrogen-bond acceptors (Lipinski definition) is 6. The minimum atomic E-state index is 0.162. The van der Waals surface area contributed by atoms with E-state index in [1.54, 1.807) is 11.3 Å². The Morgan fingerprint density at radius 1 is 1.29 bits per heavy atom. The summed E-state index contributed by atoms with van der Waals surface area (Å²) in [5.41, 5.74) is 5.65. The second-order valence-electron chi connectivity index (χ2n) is 5.14. The summed E-state index contributed by atoms with van der Waals surface area (Å²) >= 11 is 3.10. The topological polar surface area (TPSA) is 62.5 Å². The molecule has 2 N–H and O–H groups in total. The first-order valence-electron chi connectivity index (χ1n) is 6.90. The fourth-order valence-corrected chi connectivity index (χ4v) is 3.99. The quantitative estimate of drug-likeness (QED) is 0.939. The van der Waals surface area contributed by atoms with Crippen LogP contribution in [0.5, 0.6) is 0 Å². The van der Waals surface area contributed by atoms with Gasteiger partial charge in [0.25, 0.3) is 5.91 Å². The van der Waals surface area contributed by atoms with Gasteiger partial charge < -0.3 is 10.6 Å². The summed E-state index contributed by atoms with van der Waals surface area (Å²) in [6.07, 6.45) is 1.84. The van der Waals surface area contributed by atoms with Gasteiger partial charge >= 0.3 is 0 Å². The van der Waals surface area contributed by atoms with Crippen molar-refractivity contribution < 1.29 is 4.79 Å². The molecular formula is C14H18N4OS2. The van der Waals surface area contributed by atoms with E-state index in [2.05, 4.69) is 9.88 Å². The van der Waals surface area contributed by atoms with Crippen molar-refractivity contribution in [2.24, 2.45) is 0 Å². The number of thiophene rings is 1. The van der Waals surface area contributed by atoms with Crippen LogP contribution in [-0.4, -0.2) is 46.9 Å². The lowest BCUT2D eigenvalue weighted by Crippen LogP contribution is -2.48. The van der Waals surface area contributed by atoms with Crippen molar-refractivity contribution in [2.75, 3.05) is 31.9 Å². The van der Waals surface area contributed by atoms with Crippen LogP contribution >= 0.6 is 22.7 Å². The maximum absolute atomic E-state index is 12.4. The molecule has 2 aromatic heterocycles. The first-order valence-corrected chi connectivity index (χ1v) is 8.53. The predicted molar refractivity (Wildman–Crippen MR) is 86.8 cm³/mol. The number of nitrogens with two attached hydrogens (primary N) is 1. The molecule has 0 atom stereocenters. The molecule has 0 aliphatic carbocycles. The van der Waals surface area contributed by atoms with Crippen LogP contribution in [0, 0.1) is 6.92 Å². The highest BCUT2D eigenvalue weighted by atomic mass is 32.1. The predicted octanol–water partition coefficient (Wildman–Crippen LogP) is 2.05. The number of carbonyl (C=O) groups excluding carboxylic acids is 1. The molecule has 1 fully saturated rings. The molecule has 3 rings (SSSR count). The second-order valence-corrected chi connectivity index (χ2v) is 7.58. The summed E-state index contributed by atoms with van der Waals surface area (Å²) in [5, 5.41) is 0.617. The number of aryl methyl sites for hydroxylation is 1. The van der Waals surface area contributed by atoms with Crippen molar-refractivity contribution in [1.82, 2.24) is 14.8 Å². The number of anilines is 1. The summed E-state index contributed by atoms with van der Waals surface area (Å²) < 4.78 is 0. The molecule has 5 nitrogen and oxygen atoms in total. The molecule has 1 saturated heterocycles. The van der Waals surface area contributed by atoms with E-state index in [-0.39, 0.29) is 5.91 Å². The monoisotopic (exact) mass is 322 g/mol. The lowest BCUT2D eigenvalue weighted by atomic mass is 10.3. The molecule has 0 spiro atoms. The first-order chi connectivity index (χ1) is 10.1. The highest BCUT2D eigenvalue weighted by Gasteiger charge is 2.23. The standard InChI is InChI=1S/C14H18N4OS2/c1-10-2-3-12(20-10)13(19)18-6-4-17(5-7-18)9-11-8-16-14(15)21-11/h2-3,8H,4-7,9H2,1H3,(H2,15,16). The number of amides is 1. The zero-order chi connectivity index (χ0) is 14.8. The molecule has 0 aromatic carbocycles. The lowest BCUT2D eigenvalue weighted by molar-refractivity contribution is 0.0634. The number of nitrogens with zero attached hydrogens (tertiary/aromatic N) is 3. The summed E-state index contributed by atoms with van der Waals surface area (Å²) in [6, 6.07) is 3.93. The summed E-state index contributed by atoms with van der Waals surface area (Å²) in [6.45, 7) is 6.26. The fraction of sp³-hybridized carbons (Fsp3) is 0.429. The SMILES string of the molecule is Cc1ccc(C(=O)N2CCN(Cc3cnc(N)s3)CC2)s1. The Kier molecular flexibility index (Phi) is 4.23. The van der Waals surface area contributed by atoms with Crippen molar-refractivity contribution in [3.63, 3.8) is 0 Å². The number of carbonyl (C=O) groups is 1. The van der Waals surface area contributed by atoms with Gasteiger partial charge in [-0.3, -0.25) is 9.69 Å². The minimum absolute atomic E-state index is 0.162. The Morgan fingerprint density at radius 2 is 2.05 bits per heavy atom. The highest BCUT2D eigenvalue weighted by molar-refractivity contribution is 7.15.